The quantitative estimate of drug-likeness (QED) is 0.528. The maximum absolute atomic E-state index is 10.5. The number of nitrogen functional groups attached to an aromatic ring is 1. The molecule has 0 aliphatic rings. The fourth-order valence-electron chi connectivity index (χ4n) is 1.40. The summed E-state index contributed by atoms with van der Waals surface area (Å²) in [6.45, 7) is 0. The van der Waals surface area contributed by atoms with Gasteiger partial charge in [-0.05, 0) is 17.5 Å². The van der Waals surface area contributed by atoms with Crippen molar-refractivity contribution in [3.05, 3.63) is 42.0 Å². The molecule has 2 heteroatoms. The molecule has 2 aromatic rings. The van der Waals surface area contributed by atoms with Crippen LogP contribution < -0.4 is 5.73 Å². The highest BCUT2D eigenvalue weighted by atomic mass is 16.1. The van der Waals surface area contributed by atoms with Crippen LogP contribution >= 0.6 is 0 Å². The van der Waals surface area contributed by atoms with E-state index in [0.29, 0.717) is 5.56 Å². The van der Waals surface area contributed by atoms with Gasteiger partial charge in [0.25, 0.3) is 0 Å². The topological polar surface area (TPSA) is 43.1 Å². The summed E-state index contributed by atoms with van der Waals surface area (Å²) in [6, 6.07) is 11.1. The van der Waals surface area contributed by atoms with Crippen LogP contribution in [0.3, 0.4) is 0 Å². The Bertz CT molecular complexity index is 463. The first kappa shape index (κ1) is 7.80. The van der Waals surface area contributed by atoms with Gasteiger partial charge >= 0.3 is 0 Å². The second-order valence-corrected chi connectivity index (χ2v) is 2.95. The summed E-state index contributed by atoms with van der Waals surface area (Å²) in [4.78, 5) is 10.5. The zero-order valence-electron chi connectivity index (χ0n) is 7.03. The Kier molecular flexibility index (Phi) is 1.74. The standard InChI is InChI=1S/C11H9NO/c12-11-3-1-2-9-6-8(7-13)4-5-10(9)11/h1-7H,12H2. The fourth-order valence-corrected chi connectivity index (χ4v) is 1.40. The molecule has 2 N–H and O–H groups in total. The van der Waals surface area contributed by atoms with Crippen LogP contribution in [0.15, 0.2) is 36.4 Å². The largest absolute Gasteiger partial charge is 0.398 e. The molecule has 0 aliphatic heterocycles. The molecule has 0 spiro atoms. The number of anilines is 1. The highest BCUT2D eigenvalue weighted by Crippen LogP contribution is 2.21. The van der Waals surface area contributed by atoms with Crippen molar-refractivity contribution in [3.63, 3.8) is 0 Å². The van der Waals surface area contributed by atoms with Crippen LogP contribution in [0.5, 0.6) is 0 Å². The number of rotatable bonds is 1. The number of carbonyl (C=O) groups is 1. The van der Waals surface area contributed by atoms with E-state index in [1.807, 2.05) is 30.3 Å². The Labute approximate surface area is 76.0 Å². The maximum Gasteiger partial charge on any atom is 0.150 e. The smallest absolute Gasteiger partial charge is 0.150 e. The van der Waals surface area contributed by atoms with E-state index in [1.54, 1.807) is 6.07 Å². The summed E-state index contributed by atoms with van der Waals surface area (Å²) in [6.07, 6.45) is 0.836. The van der Waals surface area contributed by atoms with Gasteiger partial charge in [0.05, 0.1) is 0 Å². The molecule has 0 bridgehead atoms. The molecule has 0 fully saturated rings. The average molecular weight is 171 g/mol. The molecule has 0 atom stereocenters. The minimum atomic E-state index is 0.679. The molecule has 13 heavy (non-hydrogen) atoms. The average Bonchev–Trinajstić information content (AvgIpc) is 2.18. The van der Waals surface area contributed by atoms with Crippen LogP contribution in [0.4, 0.5) is 5.69 Å². The number of nitrogens with two attached hydrogens (primary N) is 1. The molecule has 0 heterocycles. The van der Waals surface area contributed by atoms with E-state index in [-0.39, 0.29) is 0 Å². The minimum absolute atomic E-state index is 0.679. The van der Waals surface area contributed by atoms with Gasteiger partial charge in [0.1, 0.15) is 6.29 Å². The molecule has 2 rings (SSSR count). The first-order valence-electron chi connectivity index (χ1n) is 4.05. The van der Waals surface area contributed by atoms with E-state index in [1.165, 1.54) is 0 Å². The maximum atomic E-state index is 10.5. The van der Waals surface area contributed by atoms with E-state index in [4.69, 9.17) is 5.73 Å². The molecule has 0 radical (unpaired) electrons. The summed E-state index contributed by atoms with van der Waals surface area (Å²) in [5, 5.41) is 2.00. The van der Waals surface area contributed by atoms with Gasteiger partial charge in [-0.1, -0.05) is 24.3 Å². The Balaban J connectivity index is 2.79. The Morgan fingerprint density at radius 3 is 2.77 bits per heavy atom. The van der Waals surface area contributed by atoms with Crippen molar-refractivity contribution >= 4 is 22.7 Å². The second-order valence-electron chi connectivity index (χ2n) is 2.95. The lowest BCUT2D eigenvalue weighted by atomic mass is 10.1. The van der Waals surface area contributed by atoms with Gasteiger partial charge in [0.2, 0.25) is 0 Å². The molecule has 0 amide bonds. The predicted molar refractivity (Wildman–Crippen MR) is 53.7 cm³/mol. The lowest BCUT2D eigenvalue weighted by Crippen LogP contribution is -1.87. The molecule has 0 aromatic heterocycles. The van der Waals surface area contributed by atoms with Crippen LogP contribution in [0.1, 0.15) is 10.4 Å². The van der Waals surface area contributed by atoms with Crippen molar-refractivity contribution < 1.29 is 4.79 Å². The third kappa shape index (κ3) is 1.26. The van der Waals surface area contributed by atoms with Crippen LogP contribution in [0.25, 0.3) is 10.8 Å². The van der Waals surface area contributed by atoms with Crippen LogP contribution in [-0.2, 0) is 0 Å². The third-order valence-corrected chi connectivity index (χ3v) is 2.07. The summed E-state index contributed by atoms with van der Waals surface area (Å²) in [5.74, 6) is 0. The number of benzene rings is 2. The Hall–Kier alpha value is -1.83. The van der Waals surface area contributed by atoms with E-state index in [9.17, 15) is 4.79 Å². The van der Waals surface area contributed by atoms with Crippen LogP contribution in [0, 0.1) is 0 Å². The predicted octanol–water partition coefficient (Wildman–Crippen LogP) is 2.23. The van der Waals surface area contributed by atoms with E-state index in [0.717, 1.165) is 22.7 Å². The molecule has 0 aliphatic carbocycles. The highest BCUT2D eigenvalue weighted by molar-refractivity contribution is 5.95. The van der Waals surface area contributed by atoms with Crippen molar-refractivity contribution in [2.45, 2.75) is 0 Å². The first-order chi connectivity index (χ1) is 6.31. The van der Waals surface area contributed by atoms with Crippen molar-refractivity contribution in [2.24, 2.45) is 0 Å². The van der Waals surface area contributed by atoms with Gasteiger partial charge in [0.15, 0.2) is 0 Å². The van der Waals surface area contributed by atoms with Gasteiger partial charge in [-0.15, -0.1) is 0 Å². The van der Waals surface area contributed by atoms with E-state index >= 15 is 0 Å². The molecule has 2 nitrogen and oxygen atoms in total. The van der Waals surface area contributed by atoms with Crippen LogP contribution in [0.2, 0.25) is 0 Å². The summed E-state index contributed by atoms with van der Waals surface area (Å²) in [5.41, 5.74) is 7.18. The minimum Gasteiger partial charge on any atom is -0.398 e. The van der Waals surface area contributed by atoms with Crippen molar-refractivity contribution in [1.29, 1.82) is 0 Å². The SMILES string of the molecule is Nc1cccc2cc(C=O)ccc12. The van der Waals surface area contributed by atoms with E-state index < -0.39 is 0 Å². The number of fused-ring (bicyclic) bond motifs is 1. The molecule has 0 unspecified atom stereocenters. The summed E-state index contributed by atoms with van der Waals surface area (Å²) in [7, 11) is 0. The second kappa shape index (κ2) is 2.90. The van der Waals surface area contributed by atoms with Gasteiger partial charge in [0, 0.05) is 16.6 Å². The molecular weight excluding hydrogens is 162 g/mol. The lowest BCUT2D eigenvalue weighted by molar-refractivity contribution is 0.112. The monoisotopic (exact) mass is 171 g/mol. The Morgan fingerprint density at radius 1 is 1.15 bits per heavy atom. The van der Waals surface area contributed by atoms with Crippen molar-refractivity contribution in [2.75, 3.05) is 5.73 Å². The molecule has 2 aromatic carbocycles. The molecule has 0 saturated heterocycles. The normalized spacial score (nSPS) is 10.2. The zero-order chi connectivity index (χ0) is 9.26. The number of hydrogen-bond donors (Lipinski definition) is 1. The zero-order valence-corrected chi connectivity index (χ0v) is 7.03. The van der Waals surface area contributed by atoms with Gasteiger partial charge < -0.3 is 5.73 Å². The van der Waals surface area contributed by atoms with Crippen molar-refractivity contribution in [1.82, 2.24) is 0 Å². The fraction of sp³-hybridized carbons (Fsp3) is 0. The molecule has 64 valence electrons. The first-order valence-corrected chi connectivity index (χ1v) is 4.05. The number of aldehydes is 1. The summed E-state index contributed by atoms with van der Waals surface area (Å²) < 4.78 is 0. The van der Waals surface area contributed by atoms with Gasteiger partial charge in [-0.25, -0.2) is 0 Å². The lowest BCUT2D eigenvalue weighted by Gasteiger charge is -2.01. The van der Waals surface area contributed by atoms with E-state index in [2.05, 4.69) is 0 Å². The highest BCUT2D eigenvalue weighted by Gasteiger charge is 1.97. The summed E-state index contributed by atoms with van der Waals surface area (Å²) >= 11 is 0. The molecular formula is C11H9NO. The van der Waals surface area contributed by atoms with Crippen molar-refractivity contribution in [3.8, 4) is 0 Å². The van der Waals surface area contributed by atoms with Gasteiger partial charge in [-0.2, -0.15) is 0 Å². The third-order valence-electron chi connectivity index (χ3n) is 2.07. The van der Waals surface area contributed by atoms with Gasteiger partial charge in [-0.3, -0.25) is 4.79 Å². The number of hydrogen-bond acceptors (Lipinski definition) is 2. The molecule has 0 saturated carbocycles. The Morgan fingerprint density at radius 2 is 2.00 bits per heavy atom. The number of carbonyl (C=O) groups excluding carboxylic acids is 1. The van der Waals surface area contributed by atoms with Crippen LogP contribution in [-0.4, -0.2) is 6.29 Å².